The van der Waals surface area contributed by atoms with Crippen molar-refractivity contribution in [2.45, 2.75) is 44.5 Å². The van der Waals surface area contributed by atoms with Crippen molar-refractivity contribution in [3.05, 3.63) is 0 Å². The largest absolute Gasteiger partial charge is 0.388 e. The third kappa shape index (κ3) is 3.64. The monoisotopic (exact) mass is 262 g/mol. The number of carbonyl (C=O) groups excluding carboxylic acids is 2. The van der Waals surface area contributed by atoms with Gasteiger partial charge in [0.25, 0.3) is 0 Å². The highest BCUT2D eigenvalue weighted by molar-refractivity contribution is 5.73. The van der Waals surface area contributed by atoms with Crippen LogP contribution in [0.15, 0.2) is 0 Å². The molecule has 0 aromatic heterocycles. The maximum atomic E-state index is 10.9. The number of rotatable bonds is 3. The smallest absolute Gasteiger partial charge is 0.217 e. The molecule has 0 aromatic rings. The minimum absolute atomic E-state index is 0.0442. The van der Waals surface area contributed by atoms with E-state index in [1.807, 2.05) is 0 Å². The van der Waals surface area contributed by atoms with E-state index >= 15 is 0 Å². The quantitative estimate of drug-likeness (QED) is 0.370. The Morgan fingerprint density at radius 1 is 1.11 bits per heavy atom. The molecule has 1 aliphatic heterocycles. The number of aliphatic hydroxyl groups excluding tert-OH is 3. The van der Waals surface area contributed by atoms with E-state index in [-0.39, 0.29) is 12.5 Å². The third-order valence-corrected chi connectivity index (χ3v) is 2.64. The first-order chi connectivity index (χ1) is 8.32. The maximum Gasteiger partial charge on any atom is 0.217 e. The predicted octanol–water partition coefficient (Wildman–Crippen LogP) is -2.93. The molecular formula is C10H18N2O6. The van der Waals surface area contributed by atoms with E-state index in [2.05, 4.69) is 10.6 Å². The zero-order chi connectivity index (χ0) is 13.9. The van der Waals surface area contributed by atoms with Gasteiger partial charge < -0.3 is 30.7 Å². The van der Waals surface area contributed by atoms with Gasteiger partial charge in [-0.1, -0.05) is 0 Å². The Balaban J connectivity index is 2.64. The summed E-state index contributed by atoms with van der Waals surface area (Å²) in [6.45, 7) is 2.47. The van der Waals surface area contributed by atoms with Crippen molar-refractivity contribution >= 4 is 11.8 Å². The van der Waals surface area contributed by atoms with E-state index in [0.717, 1.165) is 0 Å². The summed E-state index contributed by atoms with van der Waals surface area (Å²) in [5.74, 6) is -0.784. The van der Waals surface area contributed by atoms with Crippen LogP contribution in [0.25, 0.3) is 0 Å². The second-order valence-corrected chi connectivity index (χ2v) is 4.21. The Kier molecular flexibility index (Phi) is 5.03. The number of nitrogens with one attached hydrogen (secondary N) is 2. The van der Waals surface area contributed by atoms with Gasteiger partial charge in [0.2, 0.25) is 11.8 Å². The summed E-state index contributed by atoms with van der Waals surface area (Å²) in [5.41, 5.74) is 0. The van der Waals surface area contributed by atoms with Crippen LogP contribution in [0, 0.1) is 0 Å². The van der Waals surface area contributed by atoms with Gasteiger partial charge >= 0.3 is 0 Å². The van der Waals surface area contributed by atoms with Crippen molar-refractivity contribution < 1.29 is 29.6 Å². The Hall–Kier alpha value is -1.22. The van der Waals surface area contributed by atoms with Gasteiger partial charge in [-0.2, -0.15) is 0 Å². The number of hydrogen-bond acceptors (Lipinski definition) is 6. The van der Waals surface area contributed by atoms with Crippen LogP contribution in [-0.4, -0.2) is 64.3 Å². The molecule has 0 saturated carbocycles. The van der Waals surface area contributed by atoms with E-state index in [1.165, 1.54) is 13.8 Å². The Morgan fingerprint density at radius 3 is 2.22 bits per heavy atom. The van der Waals surface area contributed by atoms with Crippen LogP contribution in [0.5, 0.6) is 0 Å². The minimum atomic E-state index is -1.45. The van der Waals surface area contributed by atoms with Crippen LogP contribution in [-0.2, 0) is 14.3 Å². The molecule has 1 saturated heterocycles. The van der Waals surface area contributed by atoms with Gasteiger partial charge in [0.1, 0.15) is 24.4 Å². The lowest BCUT2D eigenvalue weighted by atomic mass is 9.96. The highest BCUT2D eigenvalue weighted by Gasteiger charge is 2.44. The summed E-state index contributed by atoms with van der Waals surface area (Å²) < 4.78 is 5.05. The highest BCUT2D eigenvalue weighted by Crippen LogP contribution is 2.19. The molecule has 8 nitrogen and oxygen atoms in total. The summed E-state index contributed by atoms with van der Waals surface area (Å²) in [5, 5.41) is 33.9. The van der Waals surface area contributed by atoms with Crippen molar-refractivity contribution in [3.63, 3.8) is 0 Å². The fraction of sp³-hybridized carbons (Fsp3) is 0.800. The standard InChI is InChI=1S/C10H18N2O6/c1-4(13)11-3-6-8(15)9(16)7(10(17)18-6)12-5(2)14/h6-10,15-17H,3H2,1-2H3,(H,11,13)(H,12,14)/t6-,7+,8-,9-,10+/m1/s1. The van der Waals surface area contributed by atoms with E-state index in [0.29, 0.717) is 0 Å². The lowest BCUT2D eigenvalue weighted by Crippen LogP contribution is -2.64. The van der Waals surface area contributed by atoms with Crippen molar-refractivity contribution in [3.8, 4) is 0 Å². The number of hydrogen-bond donors (Lipinski definition) is 5. The van der Waals surface area contributed by atoms with Crippen LogP contribution in [0.4, 0.5) is 0 Å². The van der Waals surface area contributed by atoms with E-state index in [1.54, 1.807) is 0 Å². The minimum Gasteiger partial charge on any atom is -0.388 e. The van der Waals surface area contributed by atoms with Crippen LogP contribution in [0.1, 0.15) is 13.8 Å². The first-order valence-electron chi connectivity index (χ1n) is 5.54. The third-order valence-electron chi connectivity index (χ3n) is 2.64. The fourth-order valence-electron chi connectivity index (χ4n) is 1.75. The lowest BCUT2D eigenvalue weighted by molar-refractivity contribution is -0.245. The van der Waals surface area contributed by atoms with E-state index in [4.69, 9.17) is 4.74 Å². The molecule has 8 heteroatoms. The van der Waals surface area contributed by atoms with Crippen molar-refractivity contribution in [2.24, 2.45) is 0 Å². The summed E-state index contributed by atoms with van der Waals surface area (Å²) in [4.78, 5) is 21.6. The second kappa shape index (κ2) is 6.10. The number of ether oxygens (including phenoxy) is 1. The SMILES string of the molecule is CC(=O)NC[C@H]1O[C@H](O)[C@@H](NC(C)=O)[C@@H](O)[C@@H]1O. The van der Waals surface area contributed by atoms with E-state index < -0.39 is 36.6 Å². The van der Waals surface area contributed by atoms with Gasteiger partial charge in [-0.3, -0.25) is 9.59 Å². The van der Waals surface area contributed by atoms with Gasteiger partial charge in [-0.15, -0.1) is 0 Å². The molecule has 104 valence electrons. The van der Waals surface area contributed by atoms with E-state index in [9.17, 15) is 24.9 Å². The predicted molar refractivity (Wildman–Crippen MR) is 59.2 cm³/mol. The normalized spacial score (nSPS) is 35.9. The Bertz CT molecular complexity index is 321. The lowest BCUT2D eigenvalue weighted by Gasteiger charge is -2.40. The molecule has 18 heavy (non-hydrogen) atoms. The first-order valence-corrected chi connectivity index (χ1v) is 5.54. The number of amides is 2. The second-order valence-electron chi connectivity index (χ2n) is 4.21. The summed E-state index contributed by atoms with van der Waals surface area (Å²) in [7, 11) is 0. The molecule has 1 rings (SSSR count). The topological polar surface area (TPSA) is 128 Å². The molecule has 0 radical (unpaired) electrons. The molecule has 1 heterocycles. The van der Waals surface area contributed by atoms with Gasteiger partial charge in [0, 0.05) is 20.4 Å². The summed E-state index contributed by atoms with van der Waals surface area (Å²) in [6.07, 6.45) is -5.09. The zero-order valence-corrected chi connectivity index (χ0v) is 10.2. The van der Waals surface area contributed by atoms with Gasteiger partial charge in [0.05, 0.1) is 0 Å². The molecule has 5 N–H and O–H groups in total. The van der Waals surface area contributed by atoms with Gasteiger partial charge in [-0.25, -0.2) is 0 Å². The molecule has 0 aromatic carbocycles. The van der Waals surface area contributed by atoms with Gasteiger partial charge in [-0.05, 0) is 0 Å². The van der Waals surface area contributed by atoms with Crippen LogP contribution in [0.2, 0.25) is 0 Å². The van der Waals surface area contributed by atoms with Crippen LogP contribution < -0.4 is 10.6 Å². The molecule has 1 fully saturated rings. The number of aliphatic hydroxyl groups is 3. The molecular weight excluding hydrogens is 244 g/mol. The molecule has 0 aliphatic carbocycles. The Morgan fingerprint density at radius 2 is 1.72 bits per heavy atom. The molecule has 0 spiro atoms. The first kappa shape index (κ1) is 14.8. The molecule has 1 aliphatic rings. The Labute approximate surface area is 104 Å². The zero-order valence-electron chi connectivity index (χ0n) is 10.2. The average molecular weight is 262 g/mol. The average Bonchev–Trinajstić information content (AvgIpc) is 2.27. The van der Waals surface area contributed by atoms with Gasteiger partial charge in [0.15, 0.2) is 6.29 Å². The maximum absolute atomic E-state index is 10.9. The number of carbonyl (C=O) groups is 2. The molecule has 2 amide bonds. The van der Waals surface area contributed by atoms with Crippen LogP contribution >= 0.6 is 0 Å². The van der Waals surface area contributed by atoms with Crippen molar-refractivity contribution in [1.82, 2.24) is 10.6 Å². The molecule has 0 unspecified atom stereocenters. The highest BCUT2D eigenvalue weighted by atomic mass is 16.6. The fourth-order valence-corrected chi connectivity index (χ4v) is 1.75. The van der Waals surface area contributed by atoms with Crippen molar-refractivity contribution in [1.29, 1.82) is 0 Å². The molecule has 0 bridgehead atoms. The molecule has 5 atom stereocenters. The summed E-state index contributed by atoms with van der Waals surface area (Å²) in [6, 6.07) is -1.11. The van der Waals surface area contributed by atoms with Crippen molar-refractivity contribution in [2.75, 3.05) is 6.54 Å². The van der Waals surface area contributed by atoms with Crippen LogP contribution in [0.3, 0.4) is 0 Å². The summed E-state index contributed by atoms with van der Waals surface area (Å²) >= 11 is 0.